The minimum absolute atomic E-state index is 0.00555. The third-order valence-corrected chi connectivity index (χ3v) is 3.48. The van der Waals surface area contributed by atoms with E-state index >= 15 is 0 Å². The molecule has 6 nitrogen and oxygen atoms in total. The Hall–Kier alpha value is -3.15. The van der Waals surface area contributed by atoms with Crippen molar-refractivity contribution in [3.8, 4) is 5.75 Å². The molecule has 0 aliphatic rings. The quantitative estimate of drug-likeness (QED) is 0.375. The first-order valence-electron chi connectivity index (χ1n) is 7.43. The average molecular weight is 326 g/mol. The van der Waals surface area contributed by atoms with E-state index in [0.29, 0.717) is 5.92 Å². The first-order valence-corrected chi connectivity index (χ1v) is 7.43. The summed E-state index contributed by atoms with van der Waals surface area (Å²) < 4.78 is 0. The van der Waals surface area contributed by atoms with Crippen molar-refractivity contribution in [1.82, 2.24) is 0 Å². The molecule has 2 N–H and O–H groups in total. The maximum atomic E-state index is 11.9. The molecule has 0 fully saturated rings. The van der Waals surface area contributed by atoms with Crippen molar-refractivity contribution in [3.63, 3.8) is 0 Å². The number of amides is 1. The van der Waals surface area contributed by atoms with Gasteiger partial charge in [0.1, 0.15) is 5.75 Å². The highest BCUT2D eigenvalue weighted by atomic mass is 16.6. The Kier molecular flexibility index (Phi) is 5.31. The number of nitrogens with one attached hydrogen (secondary N) is 1. The number of hydrogen-bond donors (Lipinski definition) is 2. The minimum atomic E-state index is -0.596. The summed E-state index contributed by atoms with van der Waals surface area (Å²) in [5, 5.41) is 22.8. The minimum Gasteiger partial charge on any atom is -0.506 e. The van der Waals surface area contributed by atoms with Gasteiger partial charge in [0.05, 0.1) is 10.6 Å². The molecule has 2 rings (SSSR count). The van der Waals surface area contributed by atoms with Crippen LogP contribution < -0.4 is 5.32 Å². The average Bonchev–Trinajstić information content (AvgIpc) is 2.55. The van der Waals surface area contributed by atoms with Gasteiger partial charge in [-0.15, -0.1) is 0 Å². The van der Waals surface area contributed by atoms with Crippen LogP contribution in [0.5, 0.6) is 5.75 Å². The molecule has 0 atom stereocenters. The molecule has 0 saturated heterocycles. The van der Waals surface area contributed by atoms with Crippen molar-refractivity contribution < 1.29 is 14.8 Å². The van der Waals surface area contributed by atoms with Crippen LogP contribution in [-0.4, -0.2) is 15.9 Å². The Morgan fingerprint density at radius 2 is 1.88 bits per heavy atom. The van der Waals surface area contributed by atoms with Crippen molar-refractivity contribution in [3.05, 3.63) is 69.8 Å². The van der Waals surface area contributed by atoms with E-state index in [-0.39, 0.29) is 17.1 Å². The van der Waals surface area contributed by atoms with E-state index < -0.39 is 10.8 Å². The topological polar surface area (TPSA) is 92.5 Å². The highest BCUT2D eigenvalue weighted by Crippen LogP contribution is 2.27. The number of nitro benzene ring substituents is 1. The number of carbonyl (C=O) groups excluding carboxylic acids is 1. The maximum Gasteiger partial charge on any atom is 0.271 e. The zero-order chi connectivity index (χ0) is 17.7. The predicted octanol–water partition coefficient (Wildman–Crippen LogP) is 4.08. The molecular weight excluding hydrogens is 308 g/mol. The second kappa shape index (κ2) is 7.41. The number of anilines is 1. The highest BCUT2D eigenvalue weighted by molar-refractivity contribution is 6.02. The maximum absolute atomic E-state index is 11.9. The van der Waals surface area contributed by atoms with E-state index in [2.05, 4.69) is 19.2 Å². The molecule has 0 saturated carbocycles. The molecule has 124 valence electrons. The third kappa shape index (κ3) is 4.42. The summed E-state index contributed by atoms with van der Waals surface area (Å²) in [5.74, 6) is -0.287. The summed E-state index contributed by atoms with van der Waals surface area (Å²) in [5.41, 5.74) is 1.85. The number of hydrogen-bond acceptors (Lipinski definition) is 4. The van der Waals surface area contributed by atoms with E-state index in [9.17, 15) is 20.0 Å². The number of carbonyl (C=O) groups is 1. The largest absolute Gasteiger partial charge is 0.506 e. The number of nitro groups is 1. The van der Waals surface area contributed by atoms with Gasteiger partial charge in [-0.1, -0.05) is 38.1 Å². The lowest BCUT2D eigenvalue weighted by molar-refractivity contribution is -0.384. The van der Waals surface area contributed by atoms with Crippen LogP contribution in [0.25, 0.3) is 6.08 Å². The summed E-state index contributed by atoms with van der Waals surface area (Å²) in [6.45, 7) is 4.20. The fraction of sp³-hybridized carbons (Fsp3) is 0.167. The van der Waals surface area contributed by atoms with Crippen LogP contribution in [0.3, 0.4) is 0 Å². The van der Waals surface area contributed by atoms with E-state index in [4.69, 9.17) is 0 Å². The van der Waals surface area contributed by atoms with Crippen LogP contribution >= 0.6 is 0 Å². The van der Waals surface area contributed by atoms with E-state index in [0.717, 1.165) is 17.7 Å². The Morgan fingerprint density at radius 3 is 2.46 bits per heavy atom. The highest BCUT2D eigenvalue weighted by Gasteiger charge is 2.11. The molecule has 24 heavy (non-hydrogen) atoms. The van der Waals surface area contributed by atoms with Gasteiger partial charge in [0, 0.05) is 18.2 Å². The molecule has 2 aromatic carbocycles. The first kappa shape index (κ1) is 17.2. The molecular formula is C18H18N2O4. The molecule has 0 radical (unpaired) electrons. The standard InChI is InChI=1S/C18H18N2O4/c1-12(2)14-6-3-13(4-7-14)5-10-18(22)19-16-11-15(20(23)24)8-9-17(16)21/h3-12,21H,1-2H3,(H,19,22)/b10-5+. The summed E-state index contributed by atoms with van der Waals surface area (Å²) in [7, 11) is 0. The van der Waals surface area contributed by atoms with Crippen molar-refractivity contribution in [2.24, 2.45) is 0 Å². The number of phenolic OH excluding ortho intramolecular Hbond substituents is 1. The summed E-state index contributed by atoms with van der Waals surface area (Å²) in [6.07, 6.45) is 2.94. The van der Waals surface area contributed by atoms with Crippen LogP contribution in [-0.2, 0) is 4.79 Å². The lowest BCUT2D eigenvalue weighted by Gasteiger charge is -2.05. The van der Waals surface area contributed by atoms with Gasteiger partial charge in [0.25, 0.3) is 5.69 Å². The molecule has 0 aromatic heterocycles. The van der Waals surface area contributed by atoms with Crippen LogP contribution in [0.1, 0.15) is 30.9 Å². The second-order valence-electron chi connectivity index (χ2n) is 5.60. The number of benzene rings is 2. The third-order valence-electron chi connectivity index (χ3n) is 3.48. The lowest BCUT2D eigenvalue weighted by Crippen LogP contribution is -2.08. The summed E-state index contributed by atoms with van der Waals surface area (Å²) >= 11 is 0. The molecule has 6 heteroatoms. The molecule has 0 unspecified atom stereocenters. The SMILES string of the molecule is CC(C)c1ccc(/C=C/C(=O)Nc2cc([N+](=O)[O-])ccc2O)cc1. The van der Waals surface area contributed by atoms with Gasteiger partial charge in [-0.05, 0) is 29.2 Å². The molecule has 0 bridgehead atoms. The molecule has 0 spiro atoms. The van der Waals surface area contributed by atoms with Crippen molar-refractivity contribution in [2.75, 3.05) is 5.32 Å². The van der Waals surface area contributed by atoms with Gasteiger partial charge in [0.15, 0.2) is 0 Å². The summed E-state index contributed by atoms with van der Waals surface area (Å²) in [6, 6.07) is 11.2. The van der Waals surface area contributed by atoms with E-state index in [1.165, 1.54) is 17.7 Å². The number of non-ortho nitro benzene ring substituents is 1. The Balaban J connectivity index is 2.07. The lowest BCUT2D eigenvalue weighted by atomic mass is 10.0. The van der Waals surface area contributed by atoms with E-state index in [1.807, 2.05) is 24.3 Å². The van der Waals surface area contributed by atoms with Gasteiger partial charge in [-0.2, -0.15) is 0 Å². The fourth-order valence-electron chi connectivity index (χ4n) is 2.08. The zero-order valence-electron chi connectivity index (χ0n) is 13.4. The Morgan fingerprint density at radius 1 is 1.21 bits per heavy atom. The molecule has 0 heterocycles. The van der Waals surface area contributed by atoms with Gasteiger partial charge in [0.2, 0.25) is 5.91 Å². The number of nitrogens with zero attached hydrogens (tertiary/aromatic N) is 1. The Bertz CT molecular complexity index is 780. The molecule has 0 aliphatic carbocycles. The molecule has 2 aromatic rings. The number of rotatable bonds is 5. The predicted molar refractivity (Wildman–Crippen MR) is 93.0 cm³/mol. The zero-order valence-corrected chi connectivity index (χ0v) is 13.4. The van der Waals surface area contributed by atoms with Crippen molar-refractivity contribution in [1.29, 1.82) is 0 Å². The smallest absolute Gasteiger partial charge is 0.271 e. The van der Waals surface area contributed by atoms with Gasteiger partial charge < -0.3 is 10.4 Å². The van der Waals surface area contributed by atoms with Crippen LogP contribution in [0, 0.1) is 10.1 Å². The van der Waals surface area contributed by atoms with Crippen molar-refractivity contribution in [2.45, 2.75) is 19.8 Å². The van der Waals surface area contributed by atoms with Crippen molar-refractivity contribution >= 4 is 23.4 Å². The first-order chi connectivity index (χ1) is 11.4. The monoisotopic (exact) mass is 326 g/mol. The number of phenols is 1. The fourth-order valence-corrected chi connectivity index (χ4v) is 2.08. The number of aromatic hydroxyl groups is 1. The molecule has 0 aliphatic heterocycles. The van der Waals surface area contributed by atoms with Gasteiger partial charge in [-0.25, -0.2) is 0 Å². The van der Waals surface area contributed by atoms with Gasteiger partial charge >= 0.3 is 0 Å². The normalized spacial score (nSPS) is 11.0. The van der Waals surface area contributed by atoms with Gasteiger partial charge in [-0.3, -0.25) is 14.9 Å². The van der Waals surface area contributed by atoms with Crippen LogP contribution in [0.4, 0.5) is 11.4 Å². The van der Waals surface area contributed by atoms with Crippen LogP contribution in [0.2, 0.25) is 0 Å². The van der Waals surface area contributed by atoms with Crippen LogP contribution in [0.15, 0.2) is 48.5 Å². The summed E-state index contributed by atoms with van der Waals surface area (Å²) in [4.78, 5) is 22.1. The van der Waals surface area contributed by atoms with E-state index in [1.54, 1.807) is 6.08 Å². The second-order valence-corrected chi connectivity index (χ2v) is 5.60. The molecule has 1 amide bonds. The Labute approximate surface area is 139 Å².